The molecule has 2 rings (SSSR count). The van der Waals surface area contributed by atoms with Crippen molar-refractivity contribution in [1.29, 1.82) is 0 Å². The van der Waals surface area contributed by atoms with Crippen molar-refractivity contribution in [2.75, 3.05) is 5.73 Å². The Morgan fingerprint density at radius 2 is 1.95 bits per heavy atom. The number of rotatable bonds is 4. The van der Waals surface area contributed by atoms with E-state index in [1.54, 1.807) is 12.1 Å². The molecule has 2 aromatic carbocycles. The maximum absolute atomic E-state index is 13.4. The number of nitrogen functional groups attached to an aromatic ring is 1. The van der Waals surface area contributed by atoms with Crippen molar-refractivity contribution in [1.82, 2.24) is 5.43 Å². The lowest BCUT2D eigenvalue weighted by atomic mass is 9.98. The van der Waals surface area contributed by atoms with Gasteiger partial charge in [-0.25, -0.2) is 4.39 Å². The van der Waals surface area contributed by atoms with Crippen molar-refractivity contribution in [2.24, 2.45) is 5.84 Å². The van der Waals surface area contributed by atoms with E-state index >= 15 is 0 Å². The van der Waals surface area contributed by atoms with Gasteiger partial charge in [0, 0.05) is 5.69 Å². The van der Waals surface area contributed by atoms with Gasteiger partial charge in [0.25, 0.3) is 0 Å². The Bertz CT molecular complexity index is 619. The summed E-state index contributed by atoms with van der Waals surface area (Å²) in [6.07, 6.45) is 0.448. The molecule has 0 radical (unpaired) electrons. The zero-order chi connectivity index (χ0) is 14.7. The molecule has 5 N–H and O–H groups in total. The van der Waals surface area contributed by atoms with Crippen LogP contribution in [0.15, 0.2) is 36.4 Å². The van der Waals surface area contributed by atoms with E-state index in [1.807, 2.05) is 6.07 Å². The maximum Gasteiger partial charge on any atom is 0.123 e. The van der Waals surface area contributed by atoms with Gasteiger partial charge in [0.2, 0.25) is 0 Å². The highest BCUT2D eigenvalue weighted by molar-refractivity contribution is 6.42. The summed E-state index contributed by atoms with van der Waals surface area (Å²) in [6, 6.07) is 9.15. The topological polar surface area (TPSA) is 64.1 Å². The Labute approximate surface area is 126 Å². The van der Waals surface area contributed by atoms with Gasteiger partial charge < -0.3 is 5.73 Å². The average Bonchev–Trinajstić information content (AvgIpc) is 2.43. The summed E-state index contributed by atoms with van der Waals surface area (Å²) in [5, 5.41) is 0.927. The Morgan fingerprint density at radius 3 is 2.65 bits per heavy atom. The Balaban J connectivity index is 2.34. The van der Waals surface area contributed by atoms with Gasteiger partial charge >= 0.3 is 0 Å². The van der Waals surface area contributed by atoms with E-state index in [9.17, 15) is 4.39 Å². The fourth-order valence-corrected chi connectivity index (χ4v) is 2.43. The van der Waals surface area contributed by atoms with Crippen LogP contribution in [-0.4, -0.2) is 0 Å². The van der Waals surface area contributed by atoms with Crippen molar-refractivity contribution < 1.29 is 4.39 Å². The molecule has 0 aromatic heterocycles. The minimum absolute atomic E-state index is 0.360. The predicted molar refractivity (Wildman–Crippen MR) is 81.0 cm³/mol. The summed E-state index contributed by atoms with van der Waals surface area (Å²) in [6.45, 7) is 0. The van der Waals surface area contributed by atoms with Crippen LogP contribution in [0.2, 0.25) is 10.0 Å². The molecule has 0 amide bonds. The quantitative estimate of drug-likeness (QED) is 0.460. The van der Waals surface area contributed by atoms with Gasteiger partial charge in [-0.05, 0) is 41.8 Å². The molecule has 0 fully saturated rings. The number of halogens is 3. The third kappa shape index (κ3) is 3.22. The number of nitrogens with one attached hydrogen (secondary N) is 1. The second-order valence-electron chi connectivity index (χ2n) is 4.41. The third-order valence-electron chi connectivity index (χ3n) is 3.08. The van der Waals surface area contributed by atoms with Crippen LogP contribution in [0.1, 0.15) is 17.2 Å². The molecule has 0 spiro atoms. The molecule has 0 aliphatic carbocycles. The van der Waals surface area contributed by atoms with Crippen LogP contribution in [0.5, 0.6) is 0 Å². The summed E-state index contributed by atoms with van der Waals surface area (Å²) < 4.78 is 13.4. The molecule has 0 aliphatic rings. The highest BCUT2D eigenvalue weighted by Gasteiger charge is 2.16. The van der Waals surface area contributed by atoms with Gasteiger partial charge in [0.05, 0.1) is 16.1 Å². The van der Waals surface area contributed by atoms with Gasteiger partial charge in [-0.3, -0.25) is 11.3 Å². The lowest BCUT2D eigenvalue weighted by molar-refractivity contribution is 0.546. The second kappa shape index (κ2) is 6.41. The highest BCUT2D eigenvalue weighted by Crippen LogP contribution is 2.30. The smallest absolute Gasteiger partial charge is 0.123 e. The molecule has 3 nitrogen and oxygen atoms in total. The normalized spacial score (nSPS) is 12.4. The van der Waals surface area contributed by atoms with E-state index in [0.717, 1.165) is 5.56 Å². The van der Waals surface area contributed by atoms with Crippen LogP contribution in [0.25, 0.3) is 0 Å². The first-order valence-electron chi connectivity index (χ1n) is 5.97. The summed E-state index contributed by atoms with van der Waals surface area (Å²) in [4.78, 5) is 0. The molecule has 1 unspecified atom stereocenters. The molecule has 20 heavy (non-hydrogen) atoms. The molecule has 0 bridgehead atoms. The van der Waals surface area contributed by atoms with Crippen LogP contribution in [0.4, 0.5) is 10.1 Å². The van der Waals surface area contributed by atoms with Crippen LogP contribution in [0, 0.1) is 5.82 Å². The molecule has 1 atom stereocenters. The summed E-state index contributed by atoms with van der Waals surface area (Å²) in [7, 11) is 0. The minimum Gasteiger partial charge on any atom is -0.398 e. The first-order valence-corrected chi connectivity index (χ1v) is 6.72. The predicted octanol–water partition coefficient (Wildman–Crippen LogP) is 3.46. The van der Waals surface area contributed by atoms with E-state index < -0.39 is 0 Å². The van der Waals surface area contributed by atoms with E-state index in [4.69, 9.17) is 34.8 Å². The van der Waals surface area contributed by atoms with Crippen molar-refractivity contribution in [3.8, 4) is 0 Å². The summed E-state index contributed by atoms with van der Waals surface area (Å²) in [5.41, 5.74) is 10.4. The number of benzene rings is 2. The van der Waals surface area contributed by atoms with E-state index in [0.29, 0.717) is 27.7 Å². The molecular formula is C14H14Cl2FN3. The zero-order valence-corrected chi connectivity index (χ0v) is 12.0. The highest BCUT2D eigenvalue weighted by atomic mass is 35.5. The SMILES string of the molecule is NNC(Cc1cccc(Cl)c1Cl)c1cc(F)ccc1N. The number of anilines is 1. The standard InChI is InChI=1S/C14H14Cl2FN3/c15-11-3-1-2-8(14(11)16)6-13(20-19)10-7-9(17)4-5-12(10)18/h1-5,7,13,20H,6,18-19H2. The van der Waals surface area contributed by atoms with Crippen molar-refractivity contribution in [3.63, 3.8) is 0 Å². The van der Waals surface area contributed by atoms with Crippen LogP contribution in [-0.2, 0) is 6.42 Å². The first-order chi connectivity index (χ1) is 9.52. The van der Waals surface area contributed by atoms with Crippen LogP contribution in [0.3, 0.4) is 0 Å². The Morgan fingerprint density at radius 1 is 1.20 bits per heavy atom. The van der Waals surface area contributed by atoms with Gasteiger partial charge in [-0.2, -0.15) is 0 Å². The number of hydrogen-bond acceptors (Lipinski definition) is 3. The lowest BCUT2D eigenvalue weighted by Gasteiger charge is -2.19. The summed E-state index contributed by atoms with van der Waals surface area (Å²) in [5.74, 6) is 5.19. The molecule has 2 aromatic rings. The zero-order valence-electron chi connectivity index (χ0n) is 10.5. The fraction of sp³-hybridized carbons (Fsp3) is 0.143. The Kier molecular flexibility index (Phi) is 4.83. The molecule has 0 saturated heterocycles. The van der Waals surface area contributed by atoms with Crippen molar-refractivity contribution in [2.45, 2.75) is 12.5 Å². The average molecular weight is 314 g/mol. The Hall–Kier alpha value is -1.33. The van der Waals surface area contributed by atoms with Gasteiger partial charge in [-0.15, -0.1) is 0 Å². The minimum atomic E-state index is -0.369. The number of nitrogens with two attached hydrogens (primary N) is 2. The van der Waals surface area contributed by atoms with Gasteiger partial charge in [-0.1, -0.05) is 35.3 Å². The molecular weight excluding hydrogens is 300 g/mol. The van der Waals surface area contributed by atoms with Crippen LogP contribution >= 0.6 is 23.2 Å². The molecule has 0 saturated carbocycles. The lowest BCUT2D eigenvalue weighted by Crippen LogP contribution is -2.30. The molecule has 106 valence electrons. The van der Waals surface area contributed by atoms with Gasteiger partial charge in [0.1, 0.15) is 5.82 Å². The van der Waals surface area contributed by atoms with Gasteiger partial charge in [0.15, 0.2) is 0 Å². The molecule has 6 heteroatoms. The maximum atomic E-state index is 13.4. The molecule has 0 aliphatic heterocycles. The van der Waals surface area contributed by atoms with E-state index in [-0.39, 0.29) is 11.9 Å². The first kappa shape index (κ1) is 15.1. The second-order valence-corrected chi connectivity index (χ2v) is 5.19. The number of hydrazine groups is 1. The van der Waals surface area contributed by atoms with Crippen molar-refractivity contribution in [3.05, 3.63) is 63.4 Å². The van der Waals surface area contributed by atoms with E-state index in [1.165, 1.54) is 18.2 Å². The largest absolute Gasteiger partial charge is 0.398 e. The van der Waals surface area contributed by atoms with Crippen molar-refractivity contribution >= 4 is 28.9 Å². The van der Waals surface area contributed by atoms with E-state index in [2.05, 4.69) is 5.43 Å². The summed E-state index contributed by atoms with van der Waals surface area (Å²) >= 11 is 12.1. The third-order valence-corrected chi connectivity index (χ3v) is 3.94. The fourth-order valence-electron chi connectivity index (χ4n) is 2.03. The number of hydrogen-bond donors (Lipinski definition) is 3. The molecule has 0 heterocycles. The van der Waals surface area contributed by atoms with Crippen LogP contribution < -0.4 is 17.0 Å². The monoisotopic (exact) mass is 313 g/mol.